The Morgan fingerprint density at radius 2 is 1.60 bits per heavy atom. The Morgan fingerprint density at radius 1 is 0.886 bits per heavy atom. The Morgan fingerprint density at radius 3 is 2.37 bits per heavy atom. The van der Waals surface area contributed by atoms with Gasteiger partial charge in [0.05, 0.1) is 29.8 Å². The van der Waals surface area contributed by atoms with Gasteiger partial charge in [-0.05, 0) is 48.7 Å². The van der Waals surface area contributed by atoms with Gasteiger partial charge in [0.1, 0.15) is 6.04 Å². The minimum absolute atomic E-state index is 0.288. The zero-order valence-corrected chi connectivity index (χ0v) is 19.4. The summed E-state index contributed by atoms with van der Waals surface area (Å²) in [5, 5.41) is 9.16. The second kappa shape index (κ2) is 7.91. The molecule has 174 valence electrons. The van der Waals surface area contributed by atoms with Crippen LogP contribution in [-0.2, 0) is 14.4 Å². The highest BCUT2D eigenvalue weighted by molar-refractivity contribution is 6.24. The van der Waals surface area contributed by atoms with E-state index in [4.69, 9.17) is 0 Å². The van der Waals surface area contributed by atoms with Crippen LogP contribution in [0.25, 0.3) is 0 Å². The average molecular weight is 465 g/mol. The lowest BCUT2D eigenvalue weighted by atomic mass is 9.85. The molecule has 2 fully saturated rings. The predicted octanol–water partition coefficient (Wildman–Crippen LogP) is 3.82. The van der Waals surface area contributed by atoms with Gasteiger partial charge in [-0.1, -0.05) is 60.2 Å². The van der Waals surface area contributed by atoms with Crippen molar-refractivity contribution in [2.75, 3.05) is 10.2 Å². The van der Waals surface area contributed by atoms with Crippen molar-refractivity contribution in [3.63, 3.8) is 0 Å². The lowest BCUT2D eigenvalue weighted by molar-refractivity contribution is -0.129. The molecule has 3 aliphatic rings. The van der Waals surface area contributed by atoms with Crippen molar-refractivity contribution in [3.8, 4) is 0 Å². The number of carbonyl (C=O) groups is 3. The number of carbonyl (C=O) groups excluding carboxylic acids is 3. The average Bonchev–Trinajstić information content (AvgIpc) is 3.33. The Kier molecular flexibility index (Phi) is 4.81. The summed E-state index contributed by atoms with van der Waals surface area (Å²) in [6, 6.07) is 21.1. The molecule has 1 N–H and O–H groups in total. The summed E-state index contributed by atoms with van der Waals surface area (Å²) in [5.41, 5.74) is 4.88. The van der Waals surface area contributed by atoms with Gasteiger partial charge in [-0.2, -0.15) is 5.10 Å². The Hall–Kier alpha value is -4.26. The number of anilines is 2. The number of nitrogens with zero attached hydrogens (tertiary/aromatic N) is 3. The lowest BCUT2D eigenvalue weighted by Gasteiger charge is -2.33. The molecule has 0 unspecified atom stereocenters. The number of rotatable bonds is 3. The molecule has 0 bridgehead atoms. The summed E-state index contributed by atoms with van der Waals surface area (Å²) in [4.78, 5) is 42.7. The van der Waals surface area contributed by atoms with Crippen molar-refractivity contribution in [1.82, 2.24) is 5.01 Å². The van der Waals surface area contributed by atoms with Crippen LogP contribution in [0.5, 0.6) is 0 Å². The molecular weight excluding hydrogens is 440 g/mol. The second-order valence-electron chi connectivity index (χ2n) is 9.35. The summed E-state index contributed by atoms with van der Waals surface area (Å²) in [5.74, 6) is -2.56. The van der Waals surface area contributed by atoms with Gasteiger partial charge in [0, 0.05) is 5.69 Å². The van der Waals surface area contributed by atoms with Gasteiger partial charge in [-0.3, -0.25) is 19.4 Å². The van der Waals surface area contributed by atoms with Crippen molar-refractivity contribution in [2.24, 2.45) is 16.9 Å². The molecule has 6 rings (SSSR count). The number of hydrogen-bond donors (Lipinski definition) is 1. The molecule has 3 amide bonds. The van der Waals surface area contributed by atoms with Crippen molar-refractivity contribution in [2.45, 2.75) is 25.9 Å². The number of imide groups is 1. The van der Waals surface area contributed by atoms with Crippen LogP contribution < -0.4 is 10.2 Å². The smallest absolute Gasteiger partial charge is 0.249 e. The summed E-state index contributed by atoms with van der Waals surface area (Å²) < 4.78 is 0. The maximum Gasteiger partial charge on any atom is 0.249 e. The number of fused-ring (bicyclic) bond motifs is 5. The fourth-order valence-corrected chi connectivity index (χ4v) is 5.70. The summed E-state index contributed by atoms with van der Waals surface area (Å²) in [6.07, 6.45) is 1.70. The third kappa shape index (κ3) is 3.19. The topological polar surface area (TPSA) is 82.1 Å². The quantitative estimate of drug-likeness (QED) is 0.598. The summed E-state index contributed by atoms with van der Waals surface area (Å²) >= 11 is 0. The van der Waals surface area contributed by atoms with Crippen LogP contribution in [0.3, 0.4) is 0 Å². The highest BCUT2D eigenvalue weighted by Gasteiger charge is 2.65. The lowest BCUT2D eigenvalue weighted by Crippen LogP contribution is -2.46. The van der Waals surface area contributed by atoms with E-state index < -0.39 is 23.9 Å². The molecule has 7 nitrogen and oxygen atoms in total. The Balaban J connectivity index is 1.46. The van der Waals surface area contributed by atoms with E-state index in [0.717, 1.165) is 22.3 Å². The highest BCUT2D eigenvalue weighted by Crippen LogP contribution is 2.52. The first-order valence-corrected chi connectivity index (χ1v) is 11.7. The maximum atomic E-state index is 13.9. The first-order valence-electron chi connectivity index (χ1n) is 11.7. The van der Waals surface area contributed by atoms with E-state index in [1.54, 1.807) is 23.4 Å². The van der Waals surface area contributed by atoms with Crippen molar-refractivity contribution < 1.29 is 14.4 Å². The van der Waals surface area contributed by atoms with Gasteiger partial charge < -0.3 is 5.32 Å². The number of nitrogens with one attached hydrogen (secondary N) is 1. The fraction of sp³-hybridized carbons (Fsp3) is 0.214. The van der Waals surface area contributed by atoms with Gasteiger partial charge >= 0.3 is 0 Å². The first-order chi connectivity index (χ1) is 17.0. The second-order valence-corrected chi connectivity index (χ2v) is 9.35. The SMILES string of the molecule is Cc1ccc(N2C(=O)[C@@H]3[C@H](C2=O)[C@H]2c4ccccc4C=NN2[C@@H]3C(=O)Nc2ccccc2)c(C)c1. The number of benzene rings is 3. The van der Waals surface area contributed by atoms with E-state index in [1.807, 2.05) is 74.5 Å². The number of para-hydroxylation sites is 1. The Labute approximate surface area is 203 Å². The van der Waals surface area contributed by atoms with Gasteiger partial charge in [-0.15, -0.1) is 0 Å². The first kappa shape index (κ1) is 21.3. The van der Waals surface area contributed by atoms with Crippen LogP contribution in [0.2, 0.25) is 0 Å². The fourth-order valence-electron chi connectivity index (χ4n) is 5.70. The van der Waals surface area contributed by atoms with E-state index in [0.29, 0.717) is 11.4 Å². The molecule has 3 aliphatic heterocycles. The minimum Gasteiger partial charge on any atom is -0.324 e. The normalized spacial score (nSPS) is 24.3. The summed E-state index contributed by atoms with van der Waals surface area (Å²) in [7, 11) is 0. The predicted molar refractivity (Wildman–Crippen MR) is 133 cm³/mol. The standard InChI is InChI=1S/C28H24N4O3/c1-16-12-13-21(17(2)14-16)31-27(34)22-23(28(31)35)25(26(33)30-19-9-4-3-5-10-19)32-24(22)20-11-7-6-8-18(20)15-29-32/h3-15,22-25H,1-2H3,(H,30,33)/t22-,23+,24+,25-/m0/s1. The molecule has 0 spiro atoms. The molecular formula is C28H24N4O3. The molecule has 3 aromatic carbocycles. The van der Waals surface area contributed by atoms with Crippen molar-refractivity contribution in [3.05, 3.63) is 95.1 Å². The van der Waals surface area contributed by atoms with E-state index in [-0.39, 0.29) is 17.7 Å². The van der Waals surface area contributed by atoms with Crippen LogP contribution in [0.1, 0.15) is 28.3 Å². The molecule has 35 heavy (non-hydrogen) atoms. The number of amides is 3. The molecule has 0 aromatic heterocycles. The minimum atomic E-state index is -0.915. The molecule has 0 saturated carbocycles. The van der Waals surface area contributed by atoms with E-state index in [1.165, 1.54) is 4.90 Å². The van der Waals surface area contributed by atoms with Crippen LogP contribution in [0, 0.1) is 25.7 Å². The van der Waals surface area contributed by atoms with E-state index >= 15 is 0 Å². The largest absolute Gasteiger partial charge is 0.324 e. The van der Waals surface area contributed by atoms with Gasteiger partial charge in [-0.25, -0.2) is 4.90 Å². The van der Waals surface area contributed by atoms with Crippen molar-refractivity contribution in [1.29, 1.82) is 0 Å². The summed E-state index contributed by atoms with van der Waals surface area (Å²) in [6.45, 7) is 3.86. The van der Waals surface area contributed by atoms with E-state index in [2.05, 4.69) is 10.4 Å². The maximum absolute atomic E-state index is 13.9. The van der Waals surface area contributed by atoms with Gasteiger partial charge in [0.15, 0.2) is 0 Å². The zero-order chi connectivity index (χ0) is 24.3. The molecule has 7 heteroatoms. The zero-order valence-electron chi connectivity index (χ0n) is 19.4. The van der Waals surface area contributed by atoms with Crippen molar-refractivity contribution >= 4 is 35.3 Å². The van der Waals surface area contributed by atoms with Crippen LogP contribution in [-0.4, -0.2) is 35.0 Å². The number of aryl methyl sites for hydroxylation is 2. The van der Waals surface area contributed by atoms with E-state index in [9.17, 15) is 14.4 Å². The molecule has 2 saturated heterocycles. The van der Waals surface area contributed by atoms with Crippen LogP contribution in [0.4, 0.5) is 11.4 Å². The molecule has 3 heterocycles. The molecule has 0 radical (unpaired) electrons. The Bertz CT molecular complexity index is 1400. The monoisotopic (exact) mass is 464 g/mol. The third-order valence-corrected chi connectivity index (χ3v) is 7.20. The third-order valence-electron chi connectivity index (χ3n) is 7.20. The van der Waals surface area contributed by atoms with Gasteiger partial charge in [0.2, 0.25) is 17.7 Å². The highest BCUT2D eigenvalue weighted by atomic mass is 16.2. The molecule has 4 atom stereocenters. The molecule has 3 aromatic rings. The molecule has 0 aliphatic carbocycles. The number of hydrogen-bond acceptors (Lipinski definition) is 5. The van der Waals surface area contributed by atoms with Crippen LogP contribution in [0.15, 0.2) is 77.9 Å². The number of hydrazone groups is 1. The van der Waals surface area contributed by atoms with Crippen LogP contribution >= 0.6 is 0 Å². The van der Waals surface area contributed by atoms with Gasteiger partial charge in [0.25, 0.3) is 0 Å².